The molecule has 0 atom stereocenters. The molecular formula is C31H23BrO4. The number of hydrogen-bond acceptors (Lipinski definition) is 4. The summed E-state index contributed by atoms with van der Waals surface area (Å²) in [4.78, 5) is 27.1. The van der Waals surface area contributed by atoms with E-state index in [4.69, 9.17) is 9.15 Å². The smallest absolute Gasteiger partial charge is 0.342 e. The van der Waals surface area contributed by atoms with Crippen LogP contribution in [0.25, 0.3) is 22.1 Å². The lowest BCUT2D eigenvalue weighted by molar-refractivity contribution is 0.0598. The molecule has 5 aromatic rings. The van der Waals surface area contributed by atoms with Gasteiger partial charge in [0.05, 0.1) is 12.7 Å². The molecule has 0 saturated heterocycles. The Morgan fingerprint density at radius 3 is 2.28 bits per heavy atom. The number of rotatable bonds is 6. The summed E-state index contributed by atoms with van der Waals surface area (Å²) in [5.74, 6) is -0.142. The Bertz CT molecular complexity index is 1600. The van der Waals surface area contributed by atoms with Gasteiger partial charge in [-0.25, -0.2) is 4.79 Å². The van der Waals surface area contributed by atoms with Crippen molar-refractivity contribution in [2.75, 3.05) is 7.11 Å². The summed E-state index contributed by atoms with van der Waals surface area (Å²) in [6.45, 7) is 1.92. The number of esters is 1. The maximum atomic E-state index is 13.9. The third kappa shape index (κ3) is 4.50. The van der Waals surface area contributed by atoms with Crippen molar-refractivity contribution in [2.45, 2.75) is 13.3 Å². The molecule has 5 rings (SSSR count). The van der Waals surface area contributed by atoms with Gasteiger partial charge in [-0.15, -0.1) is 0 Å². The Morgan fingerprint density at radius 2 is 1.56 bits per heavy atom. The summed E-state index contributed by atoms with van der Waals surface area (Å²) < 4.78 is 12.4. The molecule has 5 heteroatoms. The molecule has 4 aromatic carbocycles. The molecule has 0 fully saturated rings. The molecule has 0 unspecified atom stereocenters. The minimum atomic E-state index is -0.613. The number of furan rings is 1. The largest absolute Gasteiger partial charge is 0.465 e. The fraction of sp³-hybridized carbons (Fsp3) is 0.0968. The van der Waals surface area contributed by atoms with Crippen molar-refractivity contribution in [3.05, 3.63) is 129 Å². The highest BCUT2D eigenvalue weighted by atomic mass is 79.9. The standard InChI is InChI=1S/C31H23BrO4/c1-19-16-23(14-15-25(19)32)29(33)27-26(17-20-8-4-3-5-9-20)36-30(28(27)31(34)35-2)24-13-12-21-10-6-7-11-22(21)18-24/h3-16,18H,17H2,1-2H3. The van der Waals surface area contributed by atoms with Gasteiger partial charge in [0.15, 0.2) is 5.78 Å². The number of ether oxygens (including phenoxy) is 1. The van der Waals surface area contributed by atoms with Crippen LogP contribution in [0.4, 0.5) is 0 Å². The predicted molar refractivity (Wildman–Crippen MR) is 145 cm³/mol. The fourth-order valence-corrected chi connectivity index (χ4v) is 4.63. The van der Waals surface area contributed by atoms with Crippen LogP contribution in [0.1, 0.15) is 43.2 Å². The van der Waals surface area contributed by atoms with Gasteiger partial charge in [-0.2, -0.15) is 0 Å². The van der Waals surface area contributed by atoms with Gasteiger partial charge in [0, 0.05) is 22.0 Å². The van der Waals surface area contributed by atoms with Crippen LogP contribution >= 0.6 is 15.9 Å². The molecule has 0 amide bonds. The van der Waals surface area contributed by atoms with Crippen molar-refractivity contribution < 1.29 is 18.7 Å². The first kappa shape index (κ1) is 23.8. The maximum Gasteiger partial charge on any atom is 0.342 e. The second-order valence-electron chi connectivity index (χ2n) is 8.61. The molecule has 0 saturated carbocycles. The first-order valence-corrected chi connectivity index (χ1v) is 12.3. The highest BCUT2D eigenvalue weighted by molar-refractivity contribution is 9.10. The minimum Gasteiger partial charge on any atom is -0.465 e. The second-order valence-corrected chi connectivity index (χ2v) is 9.47. The molecule has 4 nitrogen and oxygen atoms in total. The number of aryl methyl sites for hydroxylation is 1. The summed E-state index contributed by atoms with van der Waals surface area (Å²) in [5.41, 5.74) is 3.44. The van der Waals surface area contributed by atoms with Gasteiger partial charge in [0.25, 0.3) is 0 Å². The number of ketones is 1. The Hall–Kier alpha value is -3.96. The molecule has 0 spiro atoms. The van der Waals surface area contributed by atoms with Crippen LogP contribution < -0.4 is 0 Å². The minimum absolute atomic E-state index is 0.143. The van der Waals surface area contributed by atoms with Crippen LogP contribution in [0.5, 0.6) is 0 Å². The fourth-order valence-electron chi connectivity index (χ4n) is 4.39. The molecule has 1 aromatic heterocycles. The van der Waals surface area contributed by atoms with E-state index in [1.165, 1.54) is 7.11 Å². The Kier molecular flexibility index (Phi) is 6.57. The molecule has 0 bridgehead atoms. The molecule has 0 aliphatic carbocycles. The van der Waals surface area contributed by atoms with Crippen molar-refractivity contribution in [2.24, 2.45) is 0 Å². The lowest BCUT2D eigenvalue weighted by atomic mass is 9.94. The highest BCUT2D eigenvalue weighted by Gasteiger charge is 2.32. The van der Waals surface area contributed by atoms with Crippen molar-refractivity contribution in [1.82, 2.24) is 0 Å². The number of halogens is 1. The van der Waals surface area contributed by atoms with Gasteiger partial charge in [0.1, 0.15) is 17.1 Å². The van der Waals surface area contributed by atoms with Crippen LogP contribution in [0, 0.1) is 6.92 Å². The number of fused-ring (bicyclic) bond motifs is 1. The Labute approximate surface area is 217 Å². The highest BCUT2D eigenvalue weighted by Crippen LogP contribution is 2.36. The molecule has 178 valence electrons. The average molecular weight is 539 g/mol. The van der Waals surface area contributed by atoms with Crippen LogP contribution in [-0.2, 0) is 11.2 Å². The summed E-state index contributed by atoms with van der Waals surface area (Å²) in [7, 11) is 1.31. The predicted octanol–water partition coefficient (Wildman–Crippen LogP) is 7.78. The van der Waals surface area contributed by atoms with Crippen molar-refractivity contribution in [1.29, 1.82) is 0 Å². The third-order valence-electron chi connectivity index (χ3n) is 6.24. The maximum absolute atomic E-state index is 13.9. The van der Waals surface area contributed by atoms with E-state index >= 15 is 0 Å². The van der Waals surface area contributed by atoms with E-state index < -0.39 is 5.97 Å². The molecule has 0 aliphatic heterocycles. The summed E-state index contributed by atoms with van der Waals surface area (Å²) in [5, 5.41) is 2.07. The molecule has 0 aliphatic rings. The zero-order valence-corrected chi connectivity index (χ0v) is 21.5. The van der Waals surface area contributed by atoms with Crippen LogP contribution in [-0.4, -0.2) is 18.9 Å². The van der Waals surface area contributed by atoms with E-state index in [2.05, 4.69) is 15.9 Å². The second kappa shape index (κ2) is 9.96. The van der Waals surface area contributed by atoms with E-state index in [9.17, 15) is 9.59 Å². The number of methoxy groups -OCH3 is 1. The van der Waals surface area contributed by atoms with Gasteiger partial charge < -0.3 is 9.15 Å². The zero-order chi connectivity index (χ0) is 25.2. The van der Waals surface area contributed by atoms with Crippen molar-refractivity contribution in [3.8, 4) is 11.3 Å². The van der Waals surface area contributed by atoms with E-state index in [0.717, 1.165) is 26.4 Å². The van der Waals surface area contributed by atoms with Crippen LogP contribution in [0.3, 0.4) is 0 Å². The van der Waals surface area contributed by atoms with Crippen molar-refractivity contribution >= 4 is 38.5 Å². The molecule has 1 heterocycles. The zero-order valence-electron chi connectivity index (χ0n) is 19.9. The monoisotopic (exact) mass is 538 g/mol. The van der Waals surface area contributed by atoms with Gasteiger partial charge >= 0.3 is 5.97 Å². The van der Waals surface area contributed by atoms with E-state index in [1.54, 1.807) is 6.07 Å². The first-order valence-electron chi connectivity index (χ1n) is 11.5. The first-order chi connectivity index (χ1) is 17.5. The normalized spacial score (nSPS) is 11.0. The van der Waals surface area contributed by atoms with E-state index in [1.807, 2.05) is 91.9 Å². The van der Waals surface area contributed by atoms with Gasteiger partial charge in [-0.3, -0.25) is 4.79 Å². The molecule has 36 heavy (non-hydrogen) atoms. The SMILES string of the molecule is COC(=O)c1c(-c2ccc3ccccc3c2)oc(Cc2ccccc2)c1C(=O)c1ccc(Br)c(C)c1. The quantitative estimate of drug-likeness (QED) is 0.163. The number of benzene rings is 4. The number of hydrogen-bond donors (Lipinski definition) is 0. The van der Waals surface area contributed by atoms with Gasteiger partial charge in [0.2, 0.25) is 0 Å². The molecular weight excluding hydrogens is 516 g/mol. The third-order valence-corrected chi connectivity index (χ3v) is 7.13. The van der Waals surface area contributed by atoms with Crippen LogP contribution in [0.15, 0.2) is 99.9 Å². The van der Waals surface area contributed by atoms with E-state index in [-0.39, 0.29) is 16.9 Å². The van der Waals surface area contributed by atoms with Gasteiger partial charge in [-0.05, 0) is 53.1 Å². The average Bonchev–Trinajstić information content (AvgIpc) is 3.28. The van der Waals surface area contributed by atoms with Crippen molar-refractivity contribution in [3.63, 3.8) is 0 Å². The summed E-state index contributed by atoms with van der Waals surface area (Å²) >= 11 is 3.49. The van der Waals surface area contributed by atoms with E-state index in [0.29, 0.717) is 29.1 Å². The molecule has 0 N–H and O–H groups in total. The Balaban J connectivity index is 1.75. The summed E-state index contributed by atoms with van der Waals surface area (Å²) in [6.07, 6.45) is 0.356. The lowest BCUT2D eigenvalue weighted by Gasteiger charge is -2.08. The number of carbonyl (C=O) groups is 2. The topological polar surface area (TPSA) is 56.5 Å². The Morgan fingerprint density at radius 1 is 0.833 bits per heavy atom. The summed E-state index contributed by atoms with van der Waals surface area (Å²) in [6, 6.07) is 28.9. The number of carbonyl (C=O) groups excluding carboxylic acids is 2. The molecule has 0 radical (unpaired) electrons. The van der Waals surface area contributed by atoms with Gasteiger partial charge in [-0.1, -0.05) is 82.7 Å². The van der Waals surface area contributed by atoms with Crippen LogP contribution in [0.2, 0.25) is 0 Å². The lowest BCUT2D eigenvalue weighted by Crippen LogP contribution is -2.12.